The Bertz CT molecular complexity index is 828. The molecule has 8 heteroatoms. The van der Waals surface area contributed by atoms with Crippen molar-refractivity contribution in [3.05, 3.63) is 52.5 Å². The molecule has 1 aromatic heterocycles. The predicted octanol–water partition coefficient (Wildman–Crippen LogP) is 3.59. The van der Waals surface area contributed by atoms with Gasteiger partial charge < -0.3 is 15.4 Å². The van der Waals surface area contributed by atoms with Crippen molar-refractivity contribution in [2.45, 2.75) is 45.3 Å². The topological polar surface area (TPSA) is 83.6 Å². The number of rotatable bonds is 7. The van der Waals surface area contributed by atoms with E-state index in [-0.39, 0.29) is 18.0 Å². The summed E-state index contributed by atoms with van der Waals surface area (Å²) >= 11 is 1.54. The minimum Gasteiger partial charge on any atom is -0.444 e. The van der Waals surface area contributed by atoms with Crippen LogP contribution in [0.25, 0.3) is 0 Å². The van der Waals surface area contributed by atoms with E-state index in [9.17, 15) is 9.59 Å². The number of ether oxygens (including phenoxy) is 1. The number of carbonyl (C=O) groups excluding carboxylic acids is 2. The summed E-state index contributed by atoms with van der Waals surface area (Å²) in [7, 11) is 0. The minimum atomic E-state index is -0.489. The number of alkyl carbamates (subject to hydrolysis) is 1. The molecule has 0 saturated carbocycles. The first-order valence-corrected chi connectivity index (χ1v) is 11.6. The van der Waals surface area contributed by atoms with Crippen molar-refractivity contribution >= 4 is 23.3 Å². The van der Waals surface area contributed by atoms with E-state index in [2.05, 4.69) is 20.5 Å². The lowest BCUT2D eigenvalue weighted by molar-refractivity contribution is -0.123. The molecule has 7 nitrogen and oxygen atoms in total. The summed E-state index contributed by atoms with van der Waals surface area (Å²) in [4.78, 5) is 31.2. The zero-order valence-electron chi connectivity index (χ0n) is 18.5. The van der Waals surface area contributed by atoms with Crippen LogP contribution in [0.4, 0.5) is 4.79 Å². The highest BCUT2D eigenvalue weighted by Crippen LogP contribution is 2.24. The number of thiazole rings is 1. The van der Waals surface area contributed by atoms with Crippen molar-refractivity contribution in [3.8, 4) is 0 Å². The highest BCUT2D eigenvalue weighted by Gasteiger charge is 2.24. The van der Waals surface area contributed by atoms with Crippen LogP contribution in [0.5, 0.6) is 0 Å². The number of nitrogens with zero attached hydrogens (tertiary/aromatic N) is 2. The summed E-state index contributed by atoms with van der Waals surface area (Å²) in [5, 5.41) is 8.81. The summed E-state index contributed by atoms with van der Waals surface area (Å²) < 4.78 is 5.29. The summed E-state index contributed by atoms with van der Waals surface area (Å²) in [5.41, 5.74) is 0.537. The maximum Gasteiger partial charge on any atom is 0.407 e. The van der Waals surface area contributed by atoms with Gasteiger partial charge in [0.15, 0.2) is 0 Å². The molecule has 1 aliphatic heterocycles. The molecule has 0 radical (unpaired) electrons. The quantitative estimate of drug-likeness (QED) is 0.682. The molecule has 1 unspecified atom stereocenters. The fourth-order valence-corrected chi connectivity index (χ4v) is 4.32. The predicted molar refractivity (Wildman–Crippen MR) is 122 cm³/mol. The Balaban J connectivity index is 1.45. The number of nitrogens with one attached hydrogen (secondary N) is 2. The highest BCUT2D eigenvalue weighted by atomic mass is 32.1. The molecule has 1 fully saturated rings. The molecule has 2 heterocycles. The molecule has 2 aromatic rings. The number of hydrogen-bond acceptors (Lipinski definition) is 6. The summed E-state index contributed by atoms with van der Waals surface area (Å²) in [6.45, 7) is 8.20. The summed E-state index contributed by atoms with van der Waals surface area (Å²) in [6, 6.07) is 9.69. The standard InChI is InChI=1S/C23H32N4O3S/c1-23(2,3)30-22(29)25-15-17-9-12-27(13-10-17)16-19(28)26-20(21-24-11-14-31-21)18-7-5-4-6-8-18/h4-8,11,14,17,20H,9-10,12-13,15-16H2,1-3H3,(H,25,29)(H,26,28). The molecule has 31 heavy (non-hydrogen) atoms. The molecular formula is C23H32N4O3S. The molecule has 1 atom stereocenters. The van der Waals surface area contributed by atoms with Gasteiger partial charge >= 0.3 is 6.09 Å². The fourth-order valence-electron chi connectivity index (χ4n) is 3.61. The smallest absolute Gasteiger partial charge is 0.407 e. The van der Waals surface area contributed by atoms with Crippen molar-refractivity contribution in [1.82, 2.24) is 20.5 Å². The zero-order valence-corrected chi connectivity index (χ0v) is 19.3. The number of aromatic nitrogens is 1. The van der Waals surface area contributed by atoms with Crippen molar-refractivity contribution in [2.75, 3.05) is 26.2 Å². The molecular weight excluding hydrogens is 412 g/mol. The Morgan fingerprint density at radius 1 is 1.23 bits per heavy atom. The Labute approximate surface area is 188 Å². The van der Waals surface area contributed by atoms with Crippen LogP contribution in [-0.4, -0.2) is 53.7 Å². The SMILES string of the molecule is CC(C)(C)OC(=O)NCC1CCN(CC(=O)NC(c2ccccc2)c2nccs2)CC1. The number of hydrogen-bond donors (Lipinski definition) is 2. The van der Waals surface area contributed by atoms with Crippen LogP contribution in [0.1, 0.15) is 50.2 Å². The van der Waals surface area contributed by atoms with Crippen molar-refractivity contribution in [2.24, 2.45) is 5.92 Å². The van der Waals surface area contributed by atoms with E-state index in [1.54, 1.807) is 17.5 Å². The van der Waals surface area contributed by atoms with Crippen LogP contribution in [0.15, 0.2) is 41.9 Å². The zero-order chi connectivity index (χ0) is 22.3. The van der Waals surface area contributed by atoms with Gasteiger partial charge in [-0.1, -0.05) is 30.3 Å². The Hall–Kier alpha value is -2.45. The van der Waals surface area contributed by atoms with Gasteiger partial charge in [0.25, 0.3) is 0 Å². The van der Waals surface area contributed by atoms with Crippen LogP contribution in [0, 0.1) is 5.92 Å². The molecule has 2 amide bonds. The summed E-state index contributed by atoms with van der Waals surface area (Å²) in [6.07, 6.45) is 3.27. The minimum absolute atomic E-state index is 0.00520. The van der Waals surface area contributed by atoms with E-state index in [0.717, 1.165) is 36.5 Å². The molecule has 3 rings (SSSR count). The molecule has 1 aromatic carbocycles. The van der Waals surface area contributed by atoms with Gasteiger partial charge in [-0.15, -0.1) is 11.3 Å². The second-order valence-electron chi connectivity index (χ2n) is 8.88. The summed E-state index contributed by atoms with van der Waals surface area (Å²) in [5.74, 6) is 0.397. The van der Waals surface area contributed by atoms with E-state index < -0.39 is 5.60 Å². The van der Waals surface area contributed by atoms with Crippen LogP contribution in [-0.2, 0) is 9.53 Å². The second kappa shape index (κ2) is 10.7. The maximum atomic E-state index is 12.8. The average Bonchev–Trinajstić information content (AvgIpc) is 3.25. The Kier molecular flexibility index (Phi) is 8.03. The lowest BCUT2D eigenvalue weighted by atomic mass is 9.97. The van der Waals surface area contributed by atoms with E-state index in [0.29, 0.717) is 19.0 Å². The van der Waals surface area contributed by atoms with E-state index >= 15 is 0 Å². The Morgan fingerprint density at radius 2 is 1.94 bits per heavy atom. The third-order valence-electron chi connectivity index (χ3n) is 5.14. The molecule has 0 aliphatic carbocycles. The van der Waals surface area contributed by atoms with Gasteiger partial charge in [0.1, 0.15) is 16.7 Å². The molecule has 0 bridgehead atoms. The lowest BCUT2D eigenvalue weighted by Gasteiger charge is -2.32. The van der Waals surface area contributed by atoms with E-state index in [1.165, 1.54) is 0 Å². The van der Waals surface area contributed by atoms with Gasteiger partial charge in [-0.2, -0.15) is 0 Å². The molecule has 0 spiro atoms. The van der Waals surface area contributed by atoms with Gasteiger partial charge in [-0.3, -0.25) is 9.69 Å². The highest BCUT2D eigenvalue weighted by molar-refractivity contribution is 7.09. The van der Waals surface area contributed by atoms with Crippen LogP contribution < -0.4 is 10.6 Å². The van der Waals surface area contributed by atoms with E-state index in [1.807, 2.05) is 56.5 Å². The monoisotopic (exact) mass is 444 g/mol. The number of benzene rings is 1. The third-order valence-corrected chi connectivity index (χ3v) is 5.99. The van der Waals surface area contributed by atoms with Gasteiger partial charge in [0.2, 0.25) is 5.91 Å². The first kappa shape index (κ1) is 23.2. The van der Waals surface area contributed by atoms with Gasteiger partial charge in [-0.25, -0.2) is 9.78 Å². The molecule has 2 N–H and O–H groups in total. The van der Waals surface area contributed by atoms with Crippen molar-refractivity contribution in [1.29, 1.82) is 0 Å². The number of piperidine rings is 1. The van der Waals surface area contributed by atoms with Gasteiger partial charge in [0.05, 0.1) is 6.54 Å². The lowest BCUT2D eigenvalue weighted by Crippen LogP contribution is -2.44. The largest absolute Gasteiger partial charge is 0.444 e. The first-order valence-electron chi connectivity index (χ1n) is 10.7. The fraction of sp³-hybridized carbons (Fsp3) is 0.522. The van der Waals surface area contributed by atoms with Gasteiger partial charge in [-0.05, 0) is 58.2 Å². The molecule has 168 valence electrons. The van der Waals surface area contributed by atoms with Crippen LogP contribution in [0.3, 0.4) is 0 Å². The Morgan fingerprint density at radius 3 is 2.55 bits per heavy atom. The first-order chi connectivity index (χ1) is 14.8. The van der Waals surface area contributed by atoms with Crippen molar-refractivity contribution in [3.63, 3.8) is 0 Å². The van der Waals surface area contributed by atoms with Gasteiger partial charge in [0, 0.05) is 18.1 Å². The number of likely N-dealkylation sites (tertiary alicyclic amines) is 1. The van der Waals surface area contributed by atoms with Crippen LogP contribution in [0.2, 0.25) is 0 Å². The number of amides is 2. The molecule has 1 aliphatic rings. The van der Waals surface area contributed by atoms with Crippen molar-refractivity contribution < 1.29 is 14.3 Å². The van der Waals surface area contributed by atoms with Crippen LogP contribution >= 0.6 is 11.3 Å². The average molecular weight is 445 g/mol. The van der Waals surface area contributed by atoms with E-state index in [4.69, 9.17) is 4.74 Å². The maximum absolute atomic E-state index is 12.8. The normalized spacial score (nSPS) is 16.5. The third kappa shape index (κ3) is 7.63. The molecule has 1 saturated heterocycles. The number of carbonyl (C=O) groups is 2. The second-order valence-corrected chi connectivity index (χ2v) is 9.81.